The molecule has 19 heavy (non-hydrogen) atoms. The van der Waals surface area contributed by atoms with E-state index in [9.17, 15) is 0 Å². The first kappa shape index (κ1) is 12.6. The van der Waals surface area contributed by atoms with E-state index >= 15 is 0 Å². The van der Waals surface area contributed by atoms with E-state index in [4.69, 9.17) is 10.6 Å². The van der Waals surface area contributed by atoms with Gasteiger partial charge in [0.25, 0.3) is 0 Å². The number of hydrogen-bond donors (Lipinski definition) is 3. The van der Waals surface area contributed by atoms with E-state index in [-0.39, 0.29) is 0 Å². The molecule has 0 aromatic carbocycles. The lowest BCUT2D eigenvalue weighted by molar-refractivity contribution is 0.0898. The maximum atomic E-state index is 5.85. The summed E-state index contributed by atoms with van der Waals surface area (Å²) in [6.07, 6.45) is 6.35. The van der Waals surface area contributed by atoms with Crippen molar-refractivity contribution in [3.63, 3.8) is 0 Å². The Bertz CT molecular complexity index is 449. The third-order valence-electron chi connectivity index (χ3n) is 3.98. The Hall–Kier alpha value is -1.40. The Kier molecular flexibility index (Phi) is 3.52. The molecule has 2 unspecified atom stereocenters. The Balaban J connectivity index is 1.78. The van der Waals surface area contributed by atoms with Gasteiger partial charge >= 0.3 is 0 Å². The molecule has 1 aromatic heterocycles. The minimum absolute atomic E-state index is 0.342. The zero-order valence-electron chi connectivity index (χ0n) is 11.2. The number of hydrogen-bond acceptors (Lipinski definition) is 6. The quantitative estimate of drug-likeness (QED) is 0.548. The maximum absolute atomic E-state index is 5.85. The lowest BCUT2D eigenvalue weighted by atomic mass is 10.1. The third-order valence-corrected chi connectivity index (χ3v) is 3.98. The second-order valence-corrected chi connectivity index (χ2v) is 5.26. The van der Waals surface area contributed by atoms with Gasteiger partial charge in [0.05, 0.1) is 12.1 Å². The van der Waals surface area contributed by atoms with Crippen molar-refractivity contribution < 1.29 is 4.74 Å². The first-order valence-corrected chi connectivity index (χ1v) is 7.02. The van der Waals surface area contributed by atoms with E-state index in [0.717, 1.165) is 36.7 Å². The molecule has 6 nitrogen and oxygen atoms in total. The van der Waals surface area contributed by atoms with Gasteiger partial charge in [0.15, 0.2) is 0 Å². The molecule has 0 radical (unpaired) electrons. The smallest absolute Gasteiger partial charge is 0.148 e. The van der Waals surface area contributed by atoms with Crippen LogP contribution in [0.15, 0.2) is 6.33 Å². The number of nitrogens with zero attached hydrogens (tertiary/aromatic N) is 2. The van der Waals surface area contributed by atoms with Gasteiger partial charge in [-0.3, -0.25) is 0 Å². The molecule has 2 heterocycles. The summed E-state index contributed by atoms with van der Waals surface area (Å²) in [5.41, 5.74) is 3.67. The van der Waals surface area contributed by atoms with E-state index in [1.807, 2.05) is 0 Å². The van der Waals surface area contributed by atoms with Crippen molar-refractivity contribution in [2.75, 3.05) is 17.3 Å². The lowest BCUT2D eigenvalue weighted by Crippen LogP contribution is -2.32. The van der Waals surface area contributed by atoms with Gasteiger partial charge in [-0.1, -0.05) is 6.92 Å². The van der Waals surface area contributed by atoms with E-state index in [2.05, 4.69) is 27.6 Å². The molecule has 4 N–H and O–H groups in total. The molecule has 1 aliphatic carbocycles. The van der Waals surface area contributed by atoms with Crippen molar-refractivity contribution in [2.24, 2.45) is 11.8 Å². The zero-order chi connectivity index (χ0) is 13.2. The number of anilines is 2. The molecule has 3 rings (SSSR count). The number of rotatable bonds is 5. The summed E-state index contributed by atoms with van der Waals surface area (Å²) in [5.74, 6) is 7.81. The van der Waals surface area contributed by atoms with Gasteiger partial charge in [0.1, 0.15) is 18.0 Å². The Morgan fingerprint density at radius 1 is 1.32 bits per heavy atom. The third kappa shape index (κ3) is 2.50. The molecular weight excluding hydrogens is 242 g/mol. The highest BCUT2D eigenvalue weighted by atomic mass is 16.5. The Labute approximate surface area is 113 Å². The summed E-state index contributed by atoms with van der Waals surface area (Å²) < 4.78 is 5.85. The largest absolute Gasteiger partial charge is 0.376 e. The molecule has 0 spiro atoms. The first-order valence-electron chi connectivity index (χ1n) is 7.02. The van der Waals surface area contributed by atoms with E-state index in [0.29, 0.717) is 18.0 Å². The van der Waals surface area contributed by atoms with Crippen molar-refractivity contribution in [1.82, 2.24) is 9.97 Å². The van der Waals surface area contributed by atoms with Crippen LogP contribution in [0.25, 0.3) is 0 Å². The van der Waals surface area contributed by atoms with Gasteiger partial charge < -0.3 is 15.5 Å². The van der Waals surface area contributed by atoms with Gasteiger partial charge in [-0.05, 0) is 31.6 Å². The van der Waals surface area contributed by atoms with Crippen molar-refractivity contribution in [3.05, 3.63) is 11.9 Å². The number of ether oxygens (including phenoxy) is 1. The van der Waals surface area contributed by atoms with Crippen molar-refractivity contribution in [1.29, 1.82) is 0 Å². The van der Waals surface area contributed by atoms with Crippen LogP contribution in [0.4, 0.5) is 11.6 Å². The number of hydrazine groups is 1. The molecule has 2 atom stereocenters. The number of nitrogen functional groups attached to an aromatic ring is 1. The highest BCUT2D eigenvalue weighted by molar-refractivity contribution is 5.57. The highest BCUT2D eigenvalue weighted by Gasteiger charge is 2.40. The van der Waals surface area contributed by atoms with E-state index in [1.165, 1.54) is 12.8 Å². The molecular formula is C13H21N5O. The van der Waals surface area contributed by atoms with Crippen LogP contribution in [0.5, 0.6) is 0 Å². The fourth-order valence-corrected chi connectivity index (χ4v) is 2.83. The maximum Gasteiger partial charge on any atom is 0.148 e. The van der Waals surface area contributed by atoms with Crippen molar-refractivity contribution >= 4 is 11.6 Å². The van der Waals surface area contributed by atoms with Crippen LogP contribution in [-0.4, -0.2) is 28.7 Å². The molecule has 1 aromatic rings. The molecule has 1 saturated heterocycles. The summed E-state index contributed by atoms with van der Waals surface area (Å²) >= 11 is 0. The SMILES string of the molecule is CCc1c(NN)ncnc1NC1CCOC1C1CC1. The van der Waals surface area contributed by atoms with Crippen LogP contribution >= 0.6 is 0 Å². The minimum atomic E-state index is 0.342. The number of aromatic nitrogens is 2. The Morgan fingerprint density at radius 3 is 2.79 bits per heavy atom. The first-order chi connectivity index (χ1) is 9.33. The molecule has 2 aliphatic rings. The summed E-state index contributed by atoms with van der Waals surface area (Å²) in [6, 6.07) is 0.360. The number of nitrogens with two attached hydrogens (primary N) is 1. The lowest BCUT2D eigenvalue weighted by Gasteiger charge is -2.22. The molecule has 104 valence electrons. The number of nitrogens with one attached hydrogen (secondary N) is 2. The van der Waals surface area contributed by atoms with Crippen molar-refractivity contribution in [2.45, 2.75) is 44.8 Å². The Morgan fingerprint density at radius 2 is 2.11 bits per heavy atom. The summed E-state index contributed by atoms with van der Waals surface area (Å²) in [5, 5.41) is 3.53. The van der Waals surface area contributed by atoms with E-state index < -0.39 is 0 Å². The molecule has 1 saturated carbocycles. The molecule has 6 heteroatoms. The molecule has 0 bridgehead atoms. The van der Waals surface area contributed by atoms with Gasteiger partial charge in [0.2, 0.25) is 0 Å². The summed E-state index contributed by atoms with van der Waals surface area (Å²) in [7, 11) is 0. The monoisotopic (exact) mass is 263 g/mol. The van der Waals surface area contributed by atoms with Crippen LogP contribution in [0.1, 0.15) is 31.7 Å². The zero-order valence-corrected chi connectivity index (χ0v) is 11.2. The normalized spacial score (nSPS) is 26.4. The molecule has 1 aliphatic heterocycles. The van der Waals surface area contributed by atoms with Gasteiger partial charge in [-0.15, -0.1) is 0 Å². The van der Waals surface area contributed by atoms with Gasteiger partial charge in [-0.2, -0.15) is 0 Å². The van der Waals surface area contributed by atoms with Gasteiger partial charge in [0, 0.05) is 12.2 Å². The van der Waals surface area contributed by atoms with E-state index in [1.54, 1.807) is 6.33 Å². The second-order valence-electron chi connectivity index (χ2n) is 5.26. The summed E-state index contributed by atoms with van der Waals surface area (Å²) in [6.45, 7) is 2.92. The highest BCUT2D eigenvalue weighted by Crippen LogP contribution is 2.39. The van der Waals surface area contributed by atoms with Crippen LogP contribution in [0, 0.1) is 5.92 Å². The van der Waals surface area contributed by atoms with Crippen LogP contribution in [-0.2, 0) is 11.2 Å². The average molecular weight is 263 g/mol. The molecule has 2 fully saturated rings. The molecule has 0 amide bonds. The van der Waals surface area contributed by atoms with Crippen LogP contribution < -0.4 is 16.6 Å². The fourth-order valence-electron chi connectivity index (χ4n) is 2.83. The predicted octanol–water partition coefficient (Wildman–Crippen LogP) is 1.30. The van der Waals surface area contributed by atoms with Crippen molar-refractivity contribution in [3.8, 4) is 0 Å². The predicted molar refractivity (Wildman–Crippen MR) is 73.7 cm³/mol. The standard InChI is InChI=1S/C13H21N5O/c1-2-9-12(15-7-16-13(9)18-14)17-10-5-6-19-11(10)8-3-4-8/h7-8,10-11H,2-6,14H2,1H3,(H2,15,16,17,18). The topological polar surface area (TPSA) is 85.1 Å². The average Bonchev–Trinajstić information content (AvgIpc) is 3.19. The summed E-state index contributed by atoms with van der Waals surface area (Å²) in [4.78, 5) is 8.51. The second kappa shape index (κ2) is 5.30. The van der Waals surface area contributed by atoms with Crippen LogP contribution in [0.2, 0.25) is 0 Å². The fraction of sp³-hybridized carbons (Fsp3) is 0.692. The minimum Gasteiger partial charge on any atom is -0.376 e. The van der Waals surface area contributed by atoms with Gasteiger partial charge in [-0.25, -0.2) is 15.8 Å². The van der Waals surface area contributed by atoms with Crippen LogP contribution in [0.3, 0.4) is 0 Å².